The molecule has 5 N–H and O–H groups in total. The summed E-state index contributed by atoms with van der Waals surface area (Å²) >= 11 is 1.44. The summed E-state index contributed by atoms with van der Waals surface area (Å²) in [6.45, 7) is 10.2. The maximum absolute atomic E-state index is 14.6. The van der Waals surface area contributed by atoms with Crippen LogP contribution in [0.1, 0.15) is 100 Å². The monoisotopic (exact) mass is 869 g/mol. The van der Waals surface area contributed by atoms with Crippen molar-refractivity contribution in [2.75, 3.05) is 68.4 Å². The molecule has 3 aliphatic heterocycles. The van der Waals surface area contributed by atoms with Crippen LogP contribution in [-0.4, -0.2) is 101 Å². The highest BCUT2D eigenvalue weighted by atomic mass is 32.1. The molecule has 0 saturated carbocycles. The molecule has 2 aromatic heterocycles. The number of aryl methyl sites for hydroxylation is 3. The lowest BCUT2D eigenvalue weighted by Gasteiger charge is -2.33. The Hall–Kier alpha value is -5.68. The Morgan fingerprint density at radius 2 is 1.82 bits per heavy atom. The molecule has 17 heteroatoms. The summed E-state index contributed by atoms with van der Waals surface area (Å²) in [6, 6.07) is 9.19. The molecule has 7 rings (SSSR count). The quantitative estimate of drug-likeness (QED) is 0.0745. The Kier molecular flexibility index (Phi) is 14.3. The van der Waals surface area contributed by atoms with Gasteiger partial charge in [0.1, 0.15) is 0 Å². The number of unbranched alkanes of at least 4 members (excludes halogenated alkanes) is 1. The lowest BCUT2D eigenvalue weighted by Crippen LogP contribution is -2.42. The lowest BCUT2D eigenvalue weighted by molar-refractivity contribution is -0.129. The summed E-state index contributed by atoms with van der Waals surface area (Å²) in [5.74, 6) is 0.532. The number of hydrogen-bond acceptors (Lipinski definition) is 11. The number of nitrogens with zero attached hydrogens (tertiary/aromatic N) is 7. The molecule has 0 bridgehead atoms. The Bertz CT molecular complexity index is 2330. The van der Waals surface area contributed by atoms with Crippen molar-refractivity contribution in [1.82, 2.24) is 29.9 Å². The van der Waals surface area contributed by atoms with Gasteiger partial charge in [0.15, 0.2) is 10.9 Å². The molecule has 0 spiro atoms. The van der Waals surface area contributed by atoms with E-state index in [0.29, 0.717) is 66.7 Å². The summed E-state index contributed by atoms with van der Waals surface area (Å²) < 4.78 is 31.4. The van der Waals surface area contributed by atoms with Gasteiger partial charge in [0.2, 0.25) is 11.8 Å². The highest BCUT2D eigenvalue weighted by Gasteiger charge is 2.35. The van der Waals surface area contributed by atoms with E-state index in [1.54, 1.807) is 26.2 Å². The molecule has 4 aromatic rings. The topological polar surface area (TPSA) is 166 Å². The molecular weight excluding hydrogens is 813 g/mol. The number of hydrogen-bond donors (Lipinski definition) is 4. The summed E-state index contributed by atoms with van der Waals surface area (Å²) in [5.41, 5.74) is 12.7. The first kappa shape index (κ1) is 44.4. The van der Waals surface area contributed by atoms with Gasteiger partial charge in [-0.1, -0.05) is 0 Å². The van der Waals surface area contributed by atoms with E-state index in [4.69, 9.17) is 10.8 Å². The van der Waals surface area contributed by atoms with Gasteiger partial charge in [-0.25, -0.2) is 13.8 Å². The van der Waals surface area contributed by atoms with Crippen molar-refractivity contribution in [3.05, 3.63) is 86.7 Å². The zero-order valence-corrected chi connectivity index (χ0v) is 36.8. The summed E-state index contributed by atoms with van der Waals surface area (Å²) in [7, 11) is 1.58. The summed E-state index contributed by atoms with van der Waals surface area (Å²) in [5, 5.41) is 15.2. The van der Waals surface area contributed by atoms with E-state index in [-0.39, 0.29) is 29.3 Å². The highest BCUT2D eigenvalue weighted by molar-refractivity contribution is 7.15. The number of alkyl halides is 2. The number of piperidine rings is 1. The number of aromatic nitrogens is 3. The van der Waals surface area contributed by atoms with Crippen LogP contribution in [0, 0.1) is 13.8 Å². The number of carbonyl (C=O) groups excluding carboxylic acids is 3. The van der Waals surface area contributed by atoms with Gasteiger partial charge in [0, 0.05) is 122 Å². The molecule has 2 aromatic carbocycles. The van der Waals surface area contributed by atoms with E-state index < -0.39 is 6.43 Å². The van der Waals surface area contributed by atoms with Crippen molar-refractivity contribution < 1.29 is 23.2 Å². The van der Waals surface area contributed by atoms with Crippen molar-refractivity contribution >= 4 is 63.2 Å². The van der Waals surface area contributed by atoms with Gasteiger partial charge in [-0.3, -0.25) is 34.3 Å². The molecule has 14 nitrogen and oxygen atoms in total. The van der Waals surface area contributed by atoms with Crippen LogP contribution >= 0.6 is 11.3 Å². The number of carbonyl (C=O) groups is 3. The zero-order valence-electron chi connectivity index (χ0n) is 36.0. The minimum absolute atomic E-state index is 0.00280. The van der Waals surface area contributed by atoms with Gasteiger partial charge >= 0.3 is 0 Å². The van der Waals surface area contributed by atoms with Crippen LogP contribution in [0.3, 0.4) is 0 Å². The molecule has 1 fully saturated rings. The predicted octanol–water partition coefficient (Wildman–Crippen LogP) is 6.78. The average Bonchev–Trinajstić information content (AvgIpc) is 3.85. The number of benzene rings is 2. The Labute approximate surface area is 365 Å². The third-order valence-electron chi connectivity index (χ3n) is 12.0. The van der Waals surface area contributed by atoms with Gasteiger partial charge < -0.3 is 26.2 Å². The van der Waals surface area contributed by atoms with E-state index >= 15 is 0 Å². The van der Waals surface area contributed by atoms with Crippen molar-refractivity contribution in [1.29, 1.82) is 0 Å². The smallest absolute Gasteiger partial charge is 0.264 e. The standard InChI is InChI=1S/C45H57F2N11O3S/c1-28-20-33(9-10-35(28)44(61)53-45-52-24-29(2)62-45)50-14-5-6-15-51-41(60)27-55-17-11-34(12-18-55)58-39-13-19-56(30(3)59)26-38(39)43(54-58)57-16-7-8-31-21-36(32(23-48)25-49-4)37(42(46)47)22-40(31)57/h9-10,20-25,34,42,50H,5-8,11-19,26-27,48H2,1-4H3,(H,51,60)(H,52,53,61). The number of amides is 3. The van der Waals surface area contributed by atoms with Crippen LogP contribution in [0.5, 0.6) is 0 Å². The van der Waals surface area contributed by atoms with Gasteiger partial charge in [-0.2, -0.15) is 5.10 Å². The number of rotatable bonds is 15. The molecule has 0 atom stereocenters. The normalized spacial score (nSPS) is 16.1. The van der Waals surface area contributed by atoms with Crippen molar-refractivity contribution in [2.24, 2.45) is 10.7 Å². The third-order valence-corrected chi connectivity index (χ3v) is 12.8. The van der Waals surface area contributed by atoms with Crippen LogP contribution in [0.2, 0.25) is 0 Å². The number of allylic oxidation sites excluding steroid dienone is 1. The maximum Gasteiger partial charge on any atom is 0.264 e. The SMILES string of the molecule is CN=CC(=CN)c1cc2c(cc1C(F)F)N(c1nn(C3CCN(CC(=O)NCCCCNc4ccc(C(=O)Nc5ncc(C)s5)c(C)c4)CC3)c3c1CN(C(C)=O)CC3)CCC2. The molecule has 3 aliphatic rings. The number of thiazole rings is 1. The first-order chi connectivity index (χ1) is 29.9. The van der Waals surface area contributed by atoms with Crippen LogP contribution in [-0.2, 0) is 29.0 Å². The van der Waals surface area contributed by atoms with Crippen LogP contribution in [0.25, 0.3) is 5.57 Å². The summed E-state index contributed by atoms with van der Waals surface area (Å²) in [6.07, 6.45) is 7.33. The van der Waals surface area contributed by atoms with E-state index in [0.717, 1.165) is 96.9 Å². The van der Waals surface area contributed by atoms with Gasteiger partial charge in [-0.15, -0.1) is 11.3 Å². The Morgan fingerprint density at radius 1 is 1.03 bits per heavy atom. The second-order valence-electron chi connectivity index (χ2n) is 16.3. The van der Waals surface area contributed by atoms with Crippen LogP contribution in [0.15, 0.2) is 47.7 Å². The molecule has 1 saturated heterocycles. The number of halogens is 2. The maximum atomic E-state index is 14.6. The first-order valence-electron chi connectivity index (χ1n) is 21.4. The highest BCUT2D eigenvalue weighted by Crippen LogP contribution is 2.43. The Balaban J connectivity index is 0.925. The number of fused-ring (bicyclic) bond motifs is 2. The number of aliphatic imine (C=N–C) groups is 1. The second-order valence-corrected chi connectivity index (χ2v) is 17.5. The van der Waals surface area contributed by atoms with E-state index in [2.05, 4.69) is 40.4 Å². The largest absolute Gasteiger partial charge is 0.404 e. The molecule has 3 amide bonds. The predicted molar refractivity (Wildman–Crippen MR) is 242 cm³/mol. The van der Waals surface area contributed by atoms with Crippen LogP contribution in [0.4, 0.5) is 31.1 Å². The van der Waals surface area contributed by atoms with E-state index in [1.807, 2.05) is 43.0 Å². The van der Waals surface area contributed by atoms with Gasteiger partial charge in [0.05, 0.1) is 19.1 Å². The van der Waals surface area contributed by atoms with Crippen LogP contribution < -0.4 is 26.6 Å². The van der Waals surface area contributed by atoms with Gasteiger partial charge in [-0.05, 0) is 99.4 Å². The summed E-state index contributed by atoms with van der Waals surface area (Å²) in [4.78, 5) is 53.6. The fraction of sp³-hybridized carbons (Fsp3) is 0.467. The van der Waals surface area contributed by atoms with Crippen molar-refractivity contribution in [3.8, 4) is 0 Å². The molecular formula is C45H57F2N11O3S. The fourth-order valence-electron chi connectivity index (χ4n) is 8.75. The minimum atomic E-state index is -2.73. The first-order valence-corrected chi connectivity index (χ1v) is 22.3. The van der Waals surface area contributed by atoms with Crippen molar-refractivity contribution in [3.63, 3.8) is 0 Å². The number of nitrogens with one attached hydrogen (secondary N) is 3. The molecule has 330 valence electrons. The molecule has 62 heavy (non-hydrogen) atoms. The number of anilines is 4. The van der Waals surface area contributed by atoms with Crippen molar-refractivity contribution in [2.45, 2.75) is 84.7 Å². The van der Waals surface area contributed by atoms with Gasteiger partial charge in [0.25, 0.3) is 12.3 Å². The number of nitrogens with two attached hydrogens (primary N) is 1. The average molecular weight is 870 g/mol. The minimum Gasteiger partial charge on any atom is -0.404 e. The second kappa shape index (κ2) is 20.0. The zero-order chi connectivity index (χ0) is 43.9. The number of likely N-dealkylation sites (tertiary alicyclic amines) is 1. The molecule has 0 aliphatic carbocycles. The lowest BCUT2D eigenvalue weighted by atomic mass is 9.92. The third kappa shape index (κ3) is 10.2. The fourth-order valence-corrected chi connectivity index (χ4v) is 9.41. The molecule has 0 unspecified atom stereocenters. The molecule has 0 radical (unpaired) electrons. The Morgan fingerprint density at radius 3 is 2.52 bits per heavy atom. The molecule has 5 heterocycles. The van der Waals surface area contributed by atoms with E-state index in [1.165, 1.54) is 23.8 Å². The van der Waals surface area contributed by atoms with E-state index in [9.17, 15) is 23.2 Å².